The molecule has 1 aromatic heterocycles. The molecule has 6 heteroatoms. The standard InChI is InChI=1S/C18H26N4O2/c23-18(14-6-7-14)22-12-10-21(11-13-22)16-8-9-17(20-19-16)24-15-4-2-1-3-5-15/h8-9,14-15H,1-7,10-13H2. The number of hydrogen-bond acceptors (Lipinski definition) is 5. The van der Waals surface area contributed by atoms with Crippen LogP contribution in [0.4, 0.5) is 5.82 Å². The third kappa shape index (κ3) is 3.62. The minimum Gasteiger partial charge on any atom is -0.473 e. The van der Waals surface area contributed by atoms with Gasteiger partial charge in [0.1, 0.15) is 6.10 Å². The van der Waals surface area contributed by atoms with E-state index in [2.05, 4.69) is 15.1 Å². The Morgan fingerprint density at radius 2 is 1.71 bits per heavy atom. The first-order chi connectivity index (χ1) is 11.8. The van der Waals surface area contributed by atoms with Crippen molar-refractivity contribution in [2.24, 2.45) is 5.92 Å². The first-order valence-corrected chi connectivity index (χ1v) is 9.34. The van der Waals surface area contributed by atoms with Crippen LogP contribution in [0, 0.1) is 5.92 Å². The molecular formula is C18H26N4O2. The van der Waals surface area contributed by atoms with Crippen LogP contribution in [-0.4, -0.2) is 53.3 Å². The number of aromatic nitrogens is 2. The highest BCUT2D eigenvalue weighted by Gasteiger charge is 2.34. The van der Waals surface area contributed by atoms with E-state index < -0.39 is 0 Å². The highest BCUT2D eigenvalue weighted by Crippen LogP contribution is 2.31. The summed E-state index contributed by atoms with van der Waals surface area (Å²) in [6, 6.07) is 3.92. The SMILES string of the molecule is O=C(C1CC1)N1CCN(c2ccc(OC3CCCCC3)nn2)CC1. The molecule has 3 fully saturated rings. The highest BCUT2D eigenvalue weighted by molar-refractivity contribution is 5.81. The number of ether oxygens (including phenoxy) is 1. The van der Waals surface area contributed by atoms with Crippen LogP contribution in [0.5, 0.6) is 5.88 Å². The third-order valence-corrected chi connectivity index (χ3v) is 5.31. The van der Waals surface area contributed by atoms with Crippen molar-refractivity contribution in [2.45, 2.75) is 51.0 Å². The van der Waals surface area contributed by atoms with Crippen molar-refractivity contribution in [3.8, 4) is 5.88 Å². The van der Waals surface area contributed by atoms with Gasteiger partial charge in [-0.1, -0.05) is 6.42 Å². The molecule has 0 N–H and O–H groups in total. The molecule has 2 saturated carbocycles. The zero-order valence-electron chi connectivity index (χ0n) is 14.2. The predicted octanol–water partition coefficient (Wildman–Crippen LogP) is 2.25. The fourth-order valence-electron chi connectivity index (χ4n) is 3.64. The number of amides is 1. The Bertz CT molecular complexity index is 559. The number of carbonyl (C=O) groups is 1. The molecule has 0 radical (unpaired) electrons. The fourth-order valence-corrected chi connectivity index (χ4v) is 3.64. The number of anilines is 1. The average Bonchev–Trinajstić information content (AvgIpc) is 3.48. The monoisotopic (exact) mass is 330 g/mol. The fraction of sp³-hybridized carbons (Fsp3) is 0.722. The summed E-state index contributed by atoms with van der Waals surface area (Å²) in [5.74, 6) is 2.17. The van der Waals surface area contributed by atoms with Gasteiger partial charge in [-0.2, -0.15) is 0 Å². The second-order valence-corrected chi connectivity index (χ2v) is 7.19. The van der Waals surface area contributed by atoms with Crippen LogP contribution in [0.25, 0.3) is 0 Å². The molecule has 0 bridgehead atoms. The Morgan fingerprint density at radius 1 is 0.958 bits per heavy atom. The number of nitrogens with zero attached hydrogens (tertiary/aromatic N) is 4. The molecule has 0 atom stereocenters. The summed E-state index contributed by atoms with van der Waals surface area (Å²) in [6.45, 7) is 3.24. The second-order valence-electron chi connectivity index (χ2n) is 7.19. The third-order valence-electron chi connectivity index (χ3n) is 5.31. The molecule has 0 unspecified atom stereocenters. The summed E-state index contributed by atoms with van der Waals surface area (Å²) in [5, 5.41) is 8.58. The van der Waals surface area contributed by atoms with E-state index in [9.17, 15) is 4.79 Å². The molecule has 1 amide bonds. The maximum Gasteiger partial charge on any atom is 0.233 e. The minimum absolute atomic E-state index is 0.302. The van der Waals surface area contributed by atoms with Crippen LogP contribution in [-0.2, 0) is 4.79 Å². The lowest BCUT2D eigenvalue weighted by Gasteiger charge is -2.35. The molecule has 1 saturated heterocycles. The van der Waals surface area contributed by atoms with E-state index in [0.717, 1.165) is 57.7 Å². The summed E-state index contributed by atoms with van der Waals surface area (Å²) in [6.07, 6.45) is 8.52. The van der Waals surface area contributed by atoms with Gasteiger partial charge in [0.25, 0.3) is 0 Å². The molecule has 130 valence electrons. The maximum atomic E-state index is 12.1. The Labute approximate surface area is 143 Å². The van der Waals surface area contributed by atoms with Gasteiger partial charge in [0.2, 0.25) is 11.8 Å². The zero-order chi connectivity index (χ0) is 16.4. The first kappa shape index (κ1) is 15.7. The van der Waals surface area contributed by atoms with E-state index in [1.165, 1.54) is 19.3 Å². The topological polar surface area (TPSA) is 58.6 Å². The van der Waals surface area contributed by atoms with Crippen LogP contribution in [0.1, 0.15) is 44.9 Å². The number of rotatable bonds is 4. The van der Waals surface area contributed by atoms with Crippen LogP contribution in [0.2, 0.25) is 0 Å². The van der Waals surface area contributed by atoms with Crippen molar-refractivity contribution < 1.29 is 9.53 Å². The second kappa shape index (κ2) is 6.95. The molecular weight excluding hydrogens is 304 g/mol. The molecule has 3 aliphatic rings. The molecule has 6 nitrogen and oxygen atoms in total. The van der Waals surface area contributed by atoms with Crippen molar-refractivity contribution in [2.75, 3.05) is 31.1 Å². The summed E-state index contributed by atoms with van der Waals surface area (Å²) < 4.78 is 5.93. The smallest absolute Gasteiger partial charge is 0.233 e. The largest absolute Gasteiger partial charge is 0.473 e. The molecule has 1 aliphatic heterocycles. The molecule has 24 heavy (non-hydrogen) atoms. The number of hydrogen-bond donors (Lipinski definition) is 0. The Morgan fingerprint density at radius 3 is 2.33 bits per heavy atom. The highest BCUT2D eigenvalue weighted by atomic mass is 16.5. The van der Waals surface area contributed by atoms with Gasteiger partial charge in [-0.15, -0.1) is 10.2 Å². The van der Waals surface area contributed by atoms with E-state index in [4.69, 9.17) is 4.74 Å². The summed E-state index contributed by atoms with van der Waals surface area (Å²) in [7, 11) is 0. The van der Waals surface area contributed by atoms with Crippen LogP contribution < -0.4 is 9.64 Å². The minimum atomic E-state index is 0.302. The van der Waals surface area contributed by atoms with Gasteiger partial charge in [-0.05, 0) is 44.6 Å². The van der Waals surface area contributed by atoms with E-state index >= 15 is 0 Å². The van der Waals surface area contributed by atoms with Gasteiger partial charge in [-0.3, -0.25) is 4.79 Å². The Kier molecular flexibility index (Phi) is 4.54. The van der Waals surface area contributed by atoms with Gasteiger partial charge < -0.3 is 14.5 Å². The summed E-state index contributed by atoms with van der Waals surface area (Å²) in [5.41, 5.74) is 0. The van der Waals surface area contributed by atoms with E-state index in [1.54, 1.807) is 0 Å². The number of carbonyl (C=O) groups excluding carboxylic acids is 1. The normalized spacial score (nSPS) is 22.5. The Hall–Kier alpha value is -1.85. The summed E-state index contributed by atoms with van der Waals surface area (Å²) in [4.78, 5) is 16.3. The van der Waals surface area contributed by atoms with Crippen molar-refractivity contribution in [1.29, 1.82) is 0 Å². The van der Waals surface area contributed by atoms with Crippen LogP contribution >= 0.6 is 0 Å². The van der Waals surface area contributed by atoms with Crippen molar-refractivity contribution in [1.82, 2.24) is 15.1 Å². The van der Waals surface area contributed by atoms with E-state index in [1.807, 2.05) is 17.0 Å². The zero-order valence-corrected chi connectivity index (χ0v) is 14.2. The molecule has 1 aromatic rings. The maximum absolute atomic E-state index is 12.1. The van der Waals surface area contributed by atoms with Gasteiger partial charge in [0.05, 0.1) is 0 Å². The van der Waals surface area contributed by atoms with Gasteiger partial charge >= 0.3 is 0 Å². The lowest BCUT2D eigenvalue weighted by molar-refractivity contribution is -0.132. The van der Waals surface area contributed by atoms with Crippen LogP contribution in [0.3, 0.4) is 0 Å². The van der Waals surface area contributed by atoms with Gasteiger partial charge in [0.15, 0.2) is 5.82 Å². The van der Waals surface area contributed by atoms with Crippen molar-refractivity contribution in [3.63, 3.8) is 0 Å². The molecule has 2 heterocycles. The first-order valence-electron chi connectivity index (χ1n) is 9.34. The van der Waals surface area contributed by atoms with E-state index in [-0.39, 0.29) is 0 Å². The van der Waals surface area contributed by atoms with Crippen molar-refractivity contribution in [3.05, 3.63) is 12.1 Å². The molecule has 0 aromatic carbocycles. The Balaban J connectivity index is 1.29. The average molecular weight is 330 g/mol. The predicted molar refractivity (Wildman–Crippen MR) is 91.1 cm³/mol. The molecule has 2 aliphatic carbocycles. The quantitative estimate of drug-likeness (QED) is 0.847. The lowest BCUT2D eigenvalue weighted by Crippen LogP contribution is -2.49. The van der Waals surface area contributed by atoms with Crippen molar-refractivity contribution >= 4 is 11.7 Å². The summed E-state index contributed by atoms with van der Waals surface area (Å²) >= 11 is 0. The lowest BCUT2D eigenvalue weighted by atomic mass is 9.98. The molecule has 4 rings (SSSR count). The van der Waals surface area contributed by atoms with Gasteiger partial charge in [0, 0.05) is 38.2 Å². The van der Waals surface area contributed by atoms with Crippen LogP contribution in [0.15, 0.2) is 12.1 Å². The van der Waals surface area contributed by atoms with Gasteiger partial charge in [-0.25, -0.2) is 0 Å². The number of piperazine rings is 1. The van der Waals surface area contributed by atoms with E-state index in [0.29, 0.717) is 23.8 Å². The molecule has 0 spiro atoms.